The van der Waals surface area contributed by atoms with E-state index in [4.69, 9.17) is 16.7 Å². The molecule has 2 N–H and O–H groups in total. The van der Waals surface area contributed by atoms with Crippen LogP contribution in [0.25, 0.3) is 0 Å². The minimum atomic E-state index is -3.89. The van der Waals surface area contributed by atoms with Crippen molar-refractivity contribution in [2.24, 2.45) is 0 Å². The van der Waals surface area contributed by atoms with E-state index in [1.54, 1.807) is 24.3 Å². The van der Waals surface area contributed by atoms with Crippen LogP contribution in [0.3, 0.4) is 0 Å². The van der Waals surface area contributed by atoms with Gasteiger partial charge in [-0.3, -0.25) is 0 Å². The van der Waals surface area contributed by atoms with E-state index >= 15 is 0 Å². The first-order valence-electron chi connectivity index (χ1n) is 5.45. The van der Waals surface area contributed by atoms with Crippen molar-refractivity contribution in [3.63, 3.8) is 0 Å². The molecule has 2 aromatic rings. The number of halogens is 1. The maximum absolute atomic E-state index is 12.1. The van der Waals surface area contributed by atoms with Crippen molar-refractivity contribution in [1.29, 1.82) is 0 Å². The number of carbonyl (C=O) groups is 1. The van der Waals surface area contributed by atoms with Gasteiger partial charge in [0.1, 0.15) is 9.77 Å². The molecule has 0 radical (unpaired) electrons. The van der Waals surface area contributed by atoms with Crippen molar-refractivity contribution in [3.05, 3.63) is 51.2 Å². The van der Waals surface area contributed by atoms with Crippen molar-refractivity contribution in [3.8, 4) is 0 Å². The van der Waals surface area contributed by atoms with Gasteiger partial charge in [0.15, 0.2) is 0 Å². The lowest BCUT2D eigenvalue weighted by Gasteiger charge is -2.07. The summed E-state index contributed by atoms with van der Waals surface area (Å²) in [5.74, 6) is -1.27. The third-order valence-corrected chi connectivity index (χ3v) is 5.37. The van der Waals surface area contributed by atoms with Gasteiger partial charge in [0, 0.05) is 11.6 Å². The standard InChI is InChI=1S/C12H10ClNO4S2/c13-9-4-2-1-3-8(9)7-14-20(17,18)10-5-6-19-11(10)12(15)16/h1-6,14H,7H2,(H,15,16). The normalized spacial score (nSPS) is 11.4. The summed E-state index contributed by atoms with van der Waals surface area (Å²) in [7, 11) is -3.89. The Hall–Kier alpha value is -1.41. The van der Waals surface area contributed by atoms with Crippen LogP contribution in [-0.4, -0.2) is 19.5 Å². The number of thiophene rings is 1. The molecule has 0 atom stereocenters. The Bertz CT molecular complexity index is 739. The summed E-state index contributed by atoms with van der Waals surface area (Å²) < 4.78 is 26.5. The van der Waals surface area contributed by atoms with Crippen LogP contribution in [0.1, 0.15) is 15.2 Å². The molecule has 0 amide bonds. The second-order valence-electron chi connectivity index (χ2n) is 3.84. The van der Waals surface area contributed by atoms with Crippen molar-refractivity contribution in [1.82, 2.24) is 4.72 Å². The fourth-order valence-corrected chi connectivity index (χ4v) is 4.02. The van der Waals surface area contributed by atoms with E-state index in [0.717, 1.165) is 11.3 Å². The fourth-order valence-electron chi connectivity index (χ4n) is 1.56. The summed E-state index contributed by atoms with van der Waals surface area (Å²) in [4.78, 5) is 10.5. The SMILES string of the molecule is O=C(O)c1sccc1S(=O)(=O)NCc1ccccc1Cl. The molecule has 2 rings (SSSR count). The smallest absolute Gasteiger partial charge is 0.347 e. The molecule has 0 aliphatic heterocycles. The molecule has 0 spiro atoms. The van der Waals surface area contributed by atoms with E-state index in [-0.39, 0.29) is 16.3 Å². The molecule has 1 heterocycles. The van der Waals surface area contributed by atoms with Crippen LogP contribution in [0, 0.1) is 0 Å². The topological polar surface area (TPSA) is 83.5 Å². The van der Waals surface area contributed by atoms with Crippen LogP contribution >= 0.6 is 22.9 Å². The molecule has 106 valence electrons. The van der Waals surface area contributed by atoms with Gasteiger partial charge in [-0.15, -0.1) is 11.3 Å². The van der Waals surface area contributed by atoms with Gasteiger partial charge in [-0.1, -0.05) is 29.8 Å². The monoisotopic (exact) mass is 331 g/mol. The second-order valence-corrected chi connectivity index (χ2v) is 6.89. The predicted molar refractivity (Wildman–Crippen MR) is 76.8 cm³/mol. The molecule has 0 fully saturated rings. The molecular weight excluding hydrogens is 322 g/mol. The maximum Gasteiger partial charge on any atom is 0.347 e. The third kappa shape index (κ3) is 3.18. The molecule has 8 heteroatoms. The molecule has 0 saturated heterocycles. The molecule has 0 saturated carbocycles. The van der Waals surface area contributed by atoms with E-state index in [1.807, 2.05) is 0 Å². The molecule has 1 aromatic carbocycles. The summed E-state index contributed by atoms with van der Waals surface area (Å²) in [6.45, 7) is -0.00306. The predicted octanol–water partition coefficient (Wildman–Crippen LogP) is 2.58. The highest BCUT2D eigenvalue weighted by Gasteiger charge is 2.23. The zero-order chi connectivity index (χ0) is 14.8. The molecule has 5 nitrogen and oxygen atoms in total. The van der Waals surface area contributed by atoms with Crippen molar-refractivity contribution in [2.45, 2.75) is 11.4 Å². The Morgan fingerprint density at radius 1 is 1.30 bits per heavy atom. The number of carboxylic acids is 1. The third-order valence-electron chi connectivity index (χ3n) is 2.52. The summed E-state index contributed by atoms with van der Waals surface area (Å²) in [6, 6.07) is 8.09. The zero-order valence-corrected chi connectivity index (χ0v) is 12.4. The first kappa shape index (κ1) is 15.0. The lowest BCUT2D eigenvalue weighted by molar-refractivity contribution is 0.0698. The van der Waals surface area contributed by atoms with E-state index < -0.39 is 16.0 Å². The number of aromatic carboxylic acids is 1. The number of hydrogen-bond donors (Lipinski definition) is 2. The Morgan fingerprint density at radius 2 is 2.00 bits per heavy atom. The number of carboxylic acid groups (broad SMARTS) is 1. The number of nitrogens with one attached hydrogen (secondary N) is 1. The van der Waals surface area contributed by atoms with Crippen molar-refractivity contribution >= 4 is 38.9 Å². The largest absolute Gasteiger partial charge is 0.477 e. The average molecular weight is 332 g/mol. The maximum atomic E-state index is 12.1. The van der Waals surface area contributed by atoms with E-state index in [9.17, 15) is 13.2 Å². The van der Waals surface area contributed by atoms with Crippen molar-refractivity contribution in [2.75, 3.05) is 0 Å². The number of sulfonamides is 1. The first-order valence-corrected chi connectivity index (χ1v) is 8.20. The van der Waals surface area contributed by atoms with Crippen LogP contribution in [-0.2, 0) is 16.6 Å². The fraction of sp³-hybridized carbons (Fsp3) is 0.0833. The van der Waals surface area contributed by atoms with E-state index in [0.29, 0.717) is 10.6 Å². The Labute approximate surface area is 124 Å². The highest BCUT2D eigenvalue weighted by Crippen LogP contribution is 2.22. The van der Waals surface area contributed by atoms with Gasteiger partial charge < -0.3 is 5.11 Å². The van der Waals surface area contributed by atoms with Crippen LogP contribution in [0.5, 0.6) is 0 Å². The minimum absolute atomic E-state index is 0.00306. The van der Waals surface area contributed by atoms with Gasteiger partial charge in [0.05, 0.1) is 0 Å². The molecule has 0 aliphatic rings. The van der Waals surface area contributed by atoms with Gasteiger partial charge in [0.2, 0.25) is 10.0 Å². The lowest BCUT2D eigenvalue weighted by atomic mass is 10.2. The zero-order valence-electron chi connectivity index (χ0n) is 10.0. The molecule has 0 aliphatic carbocycles. The highest BCUT2D eigenvalue weighted by molar-refractivity contribution is 7.89. The van der Waals surface area contributed by atoms with Crippen LogP contribution in [0.2, 0.25) is 5.02 Å². The van der Waals surface area contributed by atoms with E-state index in [1.165, 1.54) is 11.4 Å². The number of rotatable bonds is 5. The van der Waals surface area contributed by atoms with Gasteiger partial charge in [-0.25, -0.2) is 17.9 Å². The van der Waals surface area contributed by atoms with Gasteiger partial charge in [0.25, 0.3) is 0 Å². The summed E-state index contributed by atoms with van der Waals surface area (Å²) >= 11 is 6.80. The van der Waals surface area contributed by atoms with Gasteiger partial charge >= 0.3 is 5.97 Å². The highest BCUT2D eigenvalue weighted by atomic mass is 35.5. The van der Waals surface area contributed by atoms with Crippen LogP contribution in [0.4, 0.5) is 0 Å². The quantitative estimate of drug-likeness (QED) is 0.882. The Morgan fingerprint density at radius 3 is 2.65 bits per heavy atom. The first-order chi connectivity index (χ1) is 9.42. The van der Waals surface area contributed by atoms with Crippen LogP contribution < -0.4 is 4.72 Å². The lowest BCUT2D eigenvalue weighted by Crippen LogP contribution is -2.24. The summed E-state index contributed by atoms with van der Waals surface area (Å²) in [6.07, 6.45) is 0. The number of hydrogen-bond acceptors (Lipinski definition) is 4. The van der Waals surface area contributed by atoms with Crippen LogP contribution in [0.15, 0.2) is 40.6 Å². The van der Waals surface area contributed by atoms with Gasteiger partial charge in [-0.05, 0) is 23.1 Å². The summed E-state index contributed by atoms with van der Waals surface area (Å²) in [5, 5.41) is 10.8. The average Bonchev–Trinajstić information content (AvgIpc) is 2.88. The molecular formula is C12H10ClNO4S2. The van der Waals surface area contributed by atoms with Gasteiger partial charge in [-0.2, -0.15) is 0 Å². The molecule has 0 unspecified atom stereocenters. The minimum Gasteiger partial charge on any atom is -0.477 e. The Balaban J connectivity index is 2.22. The molecule has 1 aromatic heterocycles. The second kappa shape index (κ2) is 5.92. The molecule has 20 heavy (non-hydrogen) atoms. The van der Waals surface area contributed by atoms with Crippen molar-refractivity contribution < 1.29 is 18.3 Å². The Kier molecular flexibility index (Phi) is 4.44. The van der Waals surface area contributed by atoms with E-state index in [2.05, 4.69) is 4.72 Å². The summed E-state index contributed by atoms with van der Waals surface area (Å²) in [5.41, 5.74) is 0.616. The molecule has 0 bridgehead atoms. The number of benzene rings is 1.